The molecule has 2 aliphatic rings. The van der Waals surface area contributed by atoms with Crippen molar-refractivity contribution in [3.05, 3.63) is 40.6 Å². The van der Waals surface area contributed by atoms with Gasteiger partial charge in [0, 0.05) is 24.2 Å². The van der Waals surface area contributed by atoms with Gasteiger partial charge in [-0.05, 0) is 31.4 Å². The lowest BCUT2D eigenvalue weighted by molar-refractivity contribution is -0.0612. The Labute approximate surface area is 144 Å². The summed E-state index contributed by atoms with van der Waals surface area (Å²) in [7, 11) is 0. The minimum atomic E-state index is -0.132. The van der Waals surface area contributed by atoms with Gasteiger partial charge in [0.2, 0.25) is 0 Å². The van der Waals surface area contributed by atoms with E-state index in [1.165, 1.54) is 0 Å². The summed E-state index contributed by atoms with van der Waals surface area (Å²) in [5.74, 6) is -0.0512. The molecule has 6 nitrogen and oxygen atoms in total. The number of carbonyl (C=O) groups excluding carboxylic acids is 1. The summed E-state index contributed by atoms with van der Waals surface area (Å²) < 4.78 is 13.6. The Bertz CT molecular complexity index is 681. The second-order valence-corrected chi connectivity index (χ2v) is 7.02. The van der Waals surface area contributed by atoms with Crippen LogP contribution in [0.2, 0.25) is 0 Å². The Morgan fingerprint density at radius 3 is 3.17 bits per heavy atom. The molecule has 0 radical (unpaired) electrons. The maximum Gasteiger partial charge on any atom is 0.268 e. The highest BCUT2D eigenvalue weighted by molar-refractivity contribution is 7.07. The second kappa shape index (κ2) is 7.04. The third-order valence-electron chi connectivity index (χ3n) is 4.49. The number of hydrogen-bond acceptors (Lipinski definition) is 5. The van der Waals surface area contributed by atoms with Crippen LogP contribution in [0.4, 0.5) is 0 Å². The monoisotopic (exact) mass is 347 g/mol. The molecule has 2 aromatic heterocycles. The molecule has 2 fully saturated rings. The number of thiazole rings is 1. The van der Waals surface area contributed by atoms with Crippen molar-refractivity contribution in [1.29, 1.82) is 0 Å². The number of nitrogens with zero attached hydrogens (tertiary/aromatic N) is 2. The lowest BCUT2D eigenvalue weighted by atomic mass is 10.1. The van der Waals surface area contributed by atoms with E-state index in [0.717, 1.165) is 30.7 Å². The van der Waals surface area contributed by atoms with Gasteiger partial charge >= 0.3 is 0 Å². The molecule has 7 heteroatoms. The van der Waals surface area contributed by atoms with Crippen LogP contribution in [0.1, 0.15) is 41.5 Å². The first kappa shape index (κ1) is 15.8. The molecular weight excluding hydrogens is 326 g/mol. The Morgan fingerprint density at radius 2 is 2.38 bits per heavy atom. The number of hydrogen-bond donors (Lipinski definition) is 1. The highest BCUT2D eigenvalue weighted by Gasteiger charge is 2.31. The third kappa shape index (κ3) is 3.53. The molecular formula is C17H21N3O3S. The van der Waals surface area contributed by atoms with E-state index < -0.39 is 0 Å². The summed E-state index contributed by atoms with van der Waals surface area (Å²) >= 11 is 1.56. The topological polar surface area (TPSA) is 65.4 Å². The predicted molar refractivity (Wildman–Crippen MR) is 90.1 cm³/mol. The quantitative estimate of drug-likeness (QED) is 0.871. The molecule has 128 valence electrons. The van der Waals surface area contributed by atoms with Crippen LogP contribution < -0.4 is 5.32 Å². The summed E-state index contributed by atoms with van der Waals surface area (Å²) in [5, 5.41) is 5.08. The first-order chi connectivity index (χ1) is 11.8. The van der Waals surface area contributed by atoms with Crippen molar-refractivity contribution in [2.45, 2.75) is 44.1 Å². The Balaban J connectivity index is 1.39. The fraction of sp³-hybridized carbons (Fsp3) is 0.529. The summed E-state index contributed by atoms with van der Waals surface area (Å²) in [4.78, 5) is 16.9. The van der Waals surface area contributed by atoms with Crippen LogP contribution in [-0.2, 0) is 16.1 Å². The molecule has 0 bridgehead atoms. The molecule has 2 atom stereocenters. The molecule has 0 unspecified atom stereocenters. The van der Waals surface area contributed by atoms with Gasteiger partial charge in [-0.25, -0.2) is 4.98 Å². The first-order valence-corrected chi connectivity index (χ1v) is 9.29. The fourth-order valence-electron chi connectivity index (χ4n) is 3.05. The van der Waals surface area contributed by atoms with Gasteiger partial charge in [-0.2, -0.15) is 0 Å². The Kier molecular flexibility index (Phi) is 4.64. The minimum absolute atomic E-state index is 0.0475. The molecule has 4 rings (SSSR count). The molecule has 2 aromatic rings. The third-order valence-corrected chi connectivity index (χ3v) is 5.13. The smallest absolute Gasteiger partial charge is 0.268 e. The van der Waals surface area contributed by atoms with Crippen LogP contribution in [0.25, 0.3) is 0 Å². The number of aromatic nitrogens is 2. The zero-order valence-corrected chi connectivity index (χ0v) is 14.2. The van der Waals surface area contributed by atoms with Crippen LogP contribution in [-0.4, -0.2) is 40.8 Å². The number of amides is 1. The van der Waals surface area contributed by atoms with Crippen molar-refractivity contribution in [1.82, 2.24) is 14.9 Å². The number of carbonyl (C=O) groups is 1. The van der Waals surface area contributed by atoms with E-state index in [4.69, 9.17) is 9.47 Å². The molecule has 24 heavy (non-hydrogen) atoms. The summed E-state index contributed by atoms with van der Waals surface area (Å²) in [6.45, 7) is 1.61. The van der Waals surface area contributed by atoms with Crippen molar-refractivity contribution < 1.29 is 14.3 Å². The van der Waals surface area contributed by atoms with Gasteiger partial charge in [-0.1, -0.05) is 0 Å². The molecule has 3 heterocycles. The number of rotatable bonds is 6. The van der Waals surface area contributed by atoms with Crippen molar-refractivity contribution in [2.24, 2.45) is 0 Å². The van der Waals surface area contributed by atoms with Crippen LogP contribution in [0.5, 0.6) is 0 Å². The van der Waals surface area contributed by atoms with Gasteiger partial charge in [0.05, 0.1) is 36.6 Å². The van der Waals surface area contributed by atoms with Gasteiger partial charge in [-0.3, -0.25) is 4.79 Å². The first-order valence-electron chi connectivity index (χ1n) is 8.35. The fourth-order valence-corrected chi connectivity index (χ4v) is 3.60. The van der Waals surface area contributed by atoms with E-state index in [2.05, 4.69) is 14.9 Å². The predicted octanol–water partition coefficient (Wildman–Crippen LogP) is 2.38. The summed E-state index contributed by atoms with van der Waals surface area (Å²) in [5.41, 5.74) is 3.45. The molecule has 1 N–H and O–H groups in total. The Hall–Kier alpha value is -1.70. The van der Waals surface area contributed by atoms with E-state index in [-0.39, 0.29) is 18.1 Å². The molecule has 1 amide bonds. The highest BCUT2D eigenvalue weighted by atomic mass is 32.1. The van der Waals surface area contributed by atoms with Crippen LogP contribution in [0, 0.1) is 0 Å². The minimum Gasteiger partial charge on any atom is -0.379 e. The summed E-state index contributed by atoms with van der Waals surface area (Å²) in [6.07, 6.45) is 5.02. The van der Waals surface area contributed by atoms with Crippen LogP contribution >= 0.6 is 11.3 Å². The van der Waals surface area contributed by atoms with E-state index in [9.17, 15) is 4.79 Å². The van der Waals surface area contributed by atoms with Crippen molar-refractivity contribution in [2.75, 3.05) is 13.2 Å². The molecule has 1 aliphatic carbocycles. The number of ether oxygens (including phenoxy) is 2. The normalized spacial score (nSPS) is 24.0. The molecule has 1 aliphatic heterocycles. The molecule has 0 aromatic carbocycles. The zero-order valence-electron chi connectivity index (χ0n) is 13.4. The van der Waals surface area contributed by atoms with Gasteiger partial charge in [0.25, 0.3) is 5.91 Å². The maximum absolute atomic E-state index is 12.7. The van der Waals surface area contributed by atoms with Gasteiger partial charge in [0.1, 0.15) is 5.69 Å². The van der Waals surface area contributed by atoms with Gasteiger partial charge in [-0.15, -0.1) is 11.3 Å². The number of nitrogens with one attached hydrogen (secondary N) is 1. The van der Waals surface area contributed by atoms with E-state index >= 15 is 0 Å². The lowest BCUT2D eigenvalue weighted by Gasteiger charge is -2.32. The van der Waals surface area contributed by atoms with Crippen molar-refractivity contribution in [3.63, 3.8) is 0 Å². The maximum atomic E-state index is 12.7. The lowest BCUT2D eigenvalue weighted by Crippen LogP contribution is -2.50. The van der Waals surface area contributed by atoms with Crippen molar-refractivity contribution >= 4 is 17.2 Å². The SMILES string of the molecule is O=C(N[C@@H]1COCC[C@@H]1OCc1cscn1)c1cccn1C1CC1. The average molecular weight is 347 g/mol. The van der Waals surface area contributed by atoms with Crippen LogP contribution in [0.3, 0.4) is 0 Å². The van der Waals surface area contributed by atoms with Gasteiger partial charge in [0.15, 0.2) is 0 Å². The van der Waals surface area contributed by atoms with Crippen LogP contribution in [0.15, 0.2) is 29.2 Å². The molecule has 1 saturated heterocycles. The van der Waals surface area contributed by atoms with E-state index in [1.807, 2.05) is 23.7 Å². The average Bonchev–Trinajstić information content (AvgIpc) is 3.11. The highest BCUT2D eigenvalue weighted by Crippen LogP contribution is 2.36. The van der Waals surface area contributed by atoms with Gasteiger partial charge < -0.3 is 19.4 Å². The standard InChI is InChI=1S/C17H21N3O3S/c21-17(15-2-1-6-20(15)13-3-4-13)19-14-9-22-7-5-16(14)23-8-12-10-24-11-18-12/h1-2,6,10-11,13-14,16H,3-5,7-9H2,(H,19,21)/t14-,16+/m1/s1. The second-order valence-electron chi connectivity index (χ2n) is 6.30. The zero-order chi connectivity index (χ0) is 16.4. The van der Waals surface area contributed by atoms with Crippen molar-refractivity contribution in [3.8, 4) is 0 Å². The molecule has 1 saturated carbocycles. The molecule has 0 spiro atoms. The van der Waals surface area contributed by atoms with E-state index in [1.54, 1.807) is 16.8 Å². The largest absolute Gasteiger partial charge is 0.379 e. The Morgan fingerprint density at radius 1 is 1.46 bits per heavy atom. The van der Waals surface area contributed by atoms with E-state index in [0.29, 0.717) is 25.9 Å². The summed E-state index contributed by atoms with van der Waals surface area (Å²) in [6, 6.07) is 4.16.